The molecular formula is C45H80N4O13. The first-order valence-electron chi connectivity index (χ1n) is 23.0. The fourth-order valence-corrected chi connectivity index (χ4v) is 10.3. The number of azide groups is 1. The number of aliphatic hydroxyl groups excluding tert-OH is 3. The van der Waals surface area contributed by atoms with Crippen LogP contribution in [0.1, 0.15) is 148 Å². The van der Waals surface area contributed by atoms with Gasteiger partial charge in [0.1, 0.15) is 17.8 Å². The molecule has 0 aromatic carbocycles. The Morgan fingerprint density at radius 1 is 0.887 bits per heavy atom. The molecule has 62 heavy (non-hydrogen) atoms. The summed E-state index contributed by atoms with van der Waals surface area (Å²) in [5.41, 5.74) is 4.94. The van der Waals surface area contributed by atoms with Crippen LogP contribution < -0.4 is 0 Å². The summed E-state index contributed by atoms with van der Waals surface area (Å²) in [5, 5.41) is 68.2. The Morgan fingerprint density at radius 3 is 2.13 bits per heavy atom. The highest BCUT2D eigenvalue weighted by Gasteiger charge is 2.53. The Bertz CT molecular complexity index is 1530. The minimum Gasteiger partial charge on any atom is -0.459 e. The van der Waals surface area contributed by atoms with E-state index in [2.05, 4.69) is 10.0 Å². The van der Waals surface area contributed by atoms with E-state index in [1.165, 1.54) is 6.92 Å². The molecule has 3 saturated heterocycles. The molecule has 0 aromatic rings. The first-order valence-corrected chi connectivity index (χ1v) is 23.0. The van der Waals surface area contributed by atoms with Crippen LogP contribution >= 0.6 is 0 Å². The summed E-state index contributed by atoms with van der Waals surface area (Å²) in [6.07, 6.45) is -5.62. The molecular weight excluding hydrogens is 805 g/mol. The van der Waals surface area contributed by atoms with Gasteiger partial charge in [0.15, 0.2) is 12.6 Å². The van der Waals surface area contributed by atoms with Gasteiger partial charge >= 0.3 is 5.97 Å². The third-order valence-electron chi connectivity index (χ3n) is 13.9. The second kappa shape index (κ2) is 21.4. The molecule has 7 unspecified atom stereocenters. The summed E-state index contributed by atoms with van der Waals surface area (Å²) in [5.74, 6) is -5.58. The molecule has 1 aliphatic carbocycles. The van der Waals surface area contributed by atoms with Crippen LogP contribution in [0.5, 0.6) is 0 Å². The Morgan fingerprint density at radius 2 is 1.53 bits per heavy atom. The lowest BCUT2D eigenvalue weighted by Crippen LogP contribution is -2.59. The van der Waals surface area contributed by atoms with Gasteiger partial charge in [0.2, 0.25) is 5.79 Å². The Kier molecular flexibility index (Phi) is 18.1. The van der Waals surface area contributed by atoms with Crippen molar-refractivity contribution in [1.82, 2.24) is 0 Å². The summed E-state index contributed by atoms with van der Waals surface area (Å²) in [4.78, 5) is 23.8. The zero-order valence-electron chi connectivity index (χ0n) is 39.6. The molecule has 0 amide bonds. The molecule has 0 radical (unpaired) electrons. The number of carbonyl (C=O) groups is 1. The summed E-state index contributed by atoms with van der Waals surface area (Å²) in [6, 6.07) is 0. The van der Waals surface area contributed by atoms with Gasteiger partial charge in [0.05, 0.1) is 60.0 Å². The Labute approximate surface area is 369 Å². The molecule has 4 aliphatic rings. The summed E-state index contributed by atoms with van der Waals surface area (Å²) >= 11 is 0. The summed E-state index contributed by atoms with van der Waals surface area (Å²) in [7, 11) is 0. The van der Waals surface area contributed by atoms with Crippen molar-refractivity contribution in [3.63, 3.8) is 0 Å². The number of aliphatic hydroxyl groups is 5. The smallest absolute Gasteiger partial charge is 0.311 e. The van der Waals surface area contributed by atoms with Crippen molar-refractivity contribution < 1.29 is 63.6 Å². The predicted molar refractivity (Wildman–Crippen MR) is 230 cm³/mol. The Hall–Kier alpha value is -2.15. The van der Waals surface area contributed by atoms with Crippen molar-refractivity contribution in [3.05, 3.63) is 10.4 Å². The number of oxime groups is 1. The van der Waals surface area contributed by atoms with Crippen molar-refractivity contribution in [3.8, 4) is 0 Å². The van der Waals surface area contributed by atoms with Crippen molar-refractivity contribution in [2.24, 2.45) is 45.3 Å². The largest absolute Gasteiger partial charge is 0.459 e. The molecule has 5 N–H and O–H groups in total. The first kappa shape index (κ1) is 52.5. The SMILES string of the molecule is CC(C)OC1(O/N=C2\[C@H](C)C[C@@](C)(O)[C@H](OC3OC(C)CC(C)C3O)[C@@H](C)[C@H](OC3CC(C)(C)C(O)C(C)O3)[C@@H](C)C(=O)O[C@H](CCN=[N+]=[N-])[C@@](C)(O)[C@H](O)[C@H]2C)CCCCC1. The molecule has 3 aliphatic heterocycles. The number of hydrogen-bond donors (Lipinski definition) is 5. The second-order valence-electron chi connectivity index (χ2n) is 20.6. The van der Waals surface area contributed by atoms with Crippen LogP contribution in [0.3, 0.4) is 0 Å². The van der Waals surface area contributed by atoms with Crippen LogP contribution in [0.15, 0.2) is 10.3 Å². The molecule has 3 heterocycles. The van der Waals surface area contributed by atoms with Gasteiger partial charge in [-0.05, 0) is 97.4 Å². The highest BCUT2D eigenvalue weighted by atomic mass is 16.8. The van der Waals surface area contributed by atoms with E-state index in [0.717, 1.165) is 19.3 Å². The van der Waals surface area contributed by atoms with Crippen LogP contribution in [0.4, 0.5) is 0 Å². The predicted octanol–water partition coefficient (Wildman–Crippen LogP) is 6.29. The van der Waals surface area contributed by atoms with E-state index in [4.69, 9.17) is 43.9 Å². The van der Waals surface area contributed by atoms with E-state index in [0.29, 0.717) is 25.0 Å². The minimum atomic E-state index is -2.12. The number of rotatable bonds is 11. The standard InChI is InChI=1S/C45H80N4O13/c1-24(2)61-45(18-15-14-16-19-45)62-48-34-26(4)22-43(12,54)39(60-41-35(50)25(3)21-27(5)56-41)29(7)36(59-33-23-42(10,11)38(52)31(9)57-33)30(8)40(53)58-32(17-20-47-49-46)44(13,55)37(51)28(34)6/h24-33,35-39,41,50-52,54-55H,14-23H2,1-13H3/b48-34+/t25?,26-,27?,28+,29+,30-,31?,32-,33?,35?,36+,37-,38?,39-,41?,43-,44-/m1/s1. The lowest BCUT2D eigenvalue weighted by Gasteiger charge is -2.48. The maximum atomic E-state index is 14.6. The number of hydrogen-bond acceptors (Lipinski definition) is 15. The number of nitrogens with zero attached hydrogens (tertiary/aromatic N) is 4. The molecule has 17 heteroatoms. The van der Waals surface area contributed by atoms with Crippen LogP contribution in [0, 0.1) is 35.0 Å². The van der Waals surface area contributed by atoms with Crippen LogP contribution in [-0.4, -0.2) is 128 Å². The van der Waals surface area contributed by atoms with Gasteiger partial charge in [0, 0.05) is 48.5 Å². The Balaban J connectivity index is 1.91. The molecule has 4 fully saturated rings. The average molecular weight is 885 g/mol. The van der Waals surface area contributed by atoms with E-state index in [1.54, 1.807) is 34.6 Å². The summed E-state index contributed by atoms with van der Waals surface area (Å²) < 4.78 is 38.4. The second-order valence-corrected chi connectivity index (χ2v) is 20.6. The molecule has 358 valence electrons. The number of carbonyl (C=O) groups excluding carboxylic acids is 1. The van der Waals surface area contributed by atoms with E-state index < -0.39 is 107 Å². The minimum absolute atomic E-state index is 0.0303. The van der Waals surface area contributed by atoms with E-state index >= 15 is 0 Å². The monoisotopic (exact) mass is 885 g/mol. The van der Waals surface area contributed by atoms with Crippen LogP contribution in [-0.2, 0) is 38.1 Å². The lowest BCUT2D eigenvalue weighted by atomic mass is 9.73. The number of cyclic esters (lactones) is 1. The van der Waals surface area contributed by atoms with Gasteiger partial charge in [-0.15, -0.1) is 0 Å². The highest BCUT2D eigenvalue weighted by Crippen LogP contribution is 2.43. The van der Waals surface area contributed by atoms with Gasteiger partial charge in [0.25, 0.3) is 0 Å². The topological polar surface area (TPSA) is 244 Å². The van der Waals surface area contributed by atoms with Gasteiger partial charge in [-0.3, -0.25) is 4.79 Å². The van der Waals surface area contributed by atoms with E-state index in [-0.39, 0.29) is 43.9 Å². The number of esters is 1. The zero-order chi connectivity index (χ0) is 46.5. The highest BCUT2D eigenvalue weighted by molar-refractivity contribution is 5.88. The van der Waals surface area contributed by atoms with Gasteiger partial charge in [-0.1, -0.05) is 58.2 Å². The third-order valence-corrected chi connectivity index (χ3v) is 13.9. The average Bonchev–Trinajstić information content (AvgIpc) is 3.17. The van der Waals surface area contributed by atoms with E-state index in [1.807, 2.05) is 48.5 Å². The van der Waals surface area contributed by atoms with Gasteiger partial charge in [-0.25, -0.2) is 0 Å². The van der Waals surface area contributed by atoms with Gasteiger partial charge in [-0.2, -0.15) is 0 Å². The number of ether oxygens (including phenoxy) is 6. The van der Waals surface area contributed by atoms with Gasteiger partial charge < -0.3 is 58.8 Å². The van der Waals surface area contributed by atoms with Crippen LogP contribution in [0.2, 0.25) is 0 Å². The summed E-state index contributed by atoms with van der Waals surface area (Å²) in [6.45, 7) is 22.9. The maximum absolute atomic E-state index is 14.6. The van der Waals surface area contributed by atoms with E-state index in [9.17, 15) is 30.3 Å². The molecule has 4 rings (SSSR count). The third kappa shape index (κ3) is 12.6. The molecule has 0 spiro atoms. The molecule has 17 atom stereocenters. The first-order chi connectivity index (χ1) is 28.8. The molecule has 0 bridgehead atoms. The molecule has 1 saturated carbocycles. The normalized spacial score (nSPS) is 44.2. The fourth-order valence-electron chi connectivity index (χ4n) is 10.3. The van der Waals surface area contributed by atoms with Crippen LogP contribution in [0.25, 0.3) is 10.4 Å². The van der Waals surface area contributed by atoms with Crippen molar-refractivity contribution in [2.75, 3.05) is 6.54 Å². The maximum Gasteiger partial charge on any atom is 0.311 e. The quantitative estimate of drug-likeness (QED) is 0.0383. The van der Waals surface area contributed by atoms with Crippen molar-refractivity contribution in [1.29, 1.82) is 0 Å². The zero-order valence-corrected chi connectivity index (χ0v) is 39.6. The molecule has 17 nitrogen and oxygen atoms in total. The van der Waals surface area contributed by atoms with Crippen molar-refractivity contribution >= 4 is 11.7 Å². The fraction of sp³-hybridized carbons (Fsp3) is 0.956. The van der Waals surface area contributed by atoms with Crippen molar-refractivity contribution in [2.45, 2.75) is 232 Å². The lowest BCUT2D eigenvalue weighted by molar-refractivity contribution is -0.312. The molecule has 0 aromatic heterocycles.